The van der Waals surface area contributed by atoms with Gasteiger partial charge in [-0.1, -0.05) is 18.2 Å². The maximum Gasteiger partial charge on any atom is 0.332 e. The highest BCUT2D eigenvalue weighted by atomic mass is 16.5. The number of carbonyl (C=O) groups is 1. The first-order valence-electron chi connectivity index (χ1n) is 7.21. The van der Waals surface area contributed by atoms with Crippen LogP contribution >= 0.6 is 0 Å². The summed E-state index contributed by atoms with van der Waals surface area (Å²) in [6.45, 7) is 3.99. The third kappa shape index (κ3) is 4.98. The van der Waals surface area contributed by atoms with Crippen molar-refractivity contribution in [1.82, 2.24) is 0 Å². The van der Waals surface area contributed by atoms with Gasteiger partial charge in [0.25, 0.3) is 0 Å². The summed E-state index contributed by atoms with van der Waals surface area (Å²) >= 11 is 0. The predicted octanol–water partition coefficient (Wildman–Crippen LogP) is 4.31. The van der Waals surface area contributed by atoms with Gasteiger partial charge in [-0.05, 0) is 50.2 Å². The lowest BCUT2D eigenvalue weighted by Crippen LogP contribution is -2.04. The second-order valence-electron chi connectivity index (χ2n) is 4.77. The first kappa shape index (κ1) is 15.6. The number of rotatable bonds is 6. The largest absolute Gasteiger partial charge is 0.463 e. The molecular formula is C18H20N2O2. The van der Waals surface area contributed by atoms with E-state index < -0.39 is 0 Å². The molecule has 4 nitrogen and oxygen atoms in total. The minimum atomic E-state index is -0.338. The Hall–Kier alpha value is -2.75. The standard InChI is InChI=1S/C18H20N2O2/c1-3-22-18(21)13-14(2)19-16-9-11-17(12-10-16)20-15-7-5-4-6-8-15/h4-13,19-20H,3H2,1-2H3/b14-13-. The van der Waals surface area contributed by atoms with Crippen molar-refractivity contribution in [2.75, 3.05) is 17.2 Å². The molecule has 0 atom stereocenters. The van der Waals surface area contributed by atoms with Gasteiger partial charge in [-0.15, -0.1) is 0 Å². The van der Waals surface area contributed by atoms with Gasteiger partial charge in [-0.3, -0.25) is 0 Å². The summed E-state index contributed by atoms with van der Waals surface area (Å²) in [5.41, 5.74) is 3.70. The Morgan fingerprint density at radius 3 is 2.23 bits per heavy atom. The second kappa shape index (κ2) is 7.88. The summed E-state index contributed by atoms with van der Waals surface area (Å²) in [6, 6.07) is 17.8. The molecule has 2 rings (SSSR count). The highest BCUT2D eigenvalue weighted by molar-refractivity contribution is 5.83. The van der Waals surface area contributed by atoms with E-state index in [1.54, 1.807) is 6.92 Å². The van der Waals surface area contributed by atoms with Crippen LogP contribution in [0.2, 0.25) is 0 Å². The molecule has 0 saturated carbocycles. The van der Waals surface area contributed by atoms with Crippen LogP contribution in [-0.4, -0.2) is 12.6 Å². The highest BCUT2D eigenvalue weighted by Gasteiger charge is 1.99. The lowest BCUT2D eigenvalue weighted by molar-refractivity contribution is -0.137. The van der Waals surface area contributed by atoms with Gasteiger partial charge < -0.3 is 15.4 Å². The summed E-state index contributed by atoms with van der Waals surface area (Å²) in [5, 5.41) is 6.47. The van der Waals surface area contributed by atoms with Gasteiger partial charge in [0.1, 0.15) is 0 Å². The van der Waals surface area contributed by atoms with Crippen molar-refractivity contribution in [1.29, 1.82) is 0 Å². The quantitative estimate of drug-likeness (QED) is 0.616. The molecule has 0 spiro atoms. The van der Waals surface area contributed by atoms with Crippen molar-refractivity contribution in [3.63, 3.8) is 0 Å². The minimum Gasteiger partial charge on any atom is -0.463 e. The van der Waals surface area contributed by atoms with Crippen LogP contribution in [0.1, 0.15) is 13.8 Å². The smallest absolute Gasteiger partial charge is 0.332 e. The number of benzene rings is 2. The van der Waals surface area contributed by atoms with Crippen LogP contribution in [0.25, 0.3) is 0 Å². The Labute approximate surface area is 130 Å². The lowest BCUT2D eigenvalue weighted by Gasteiger charge is -2.09. The SMILES string of the molecule is CCOC(=O)/C=C(/C)Nc1ccc(Nc2ccccc2)cc1. The van der Waals surface area contributed by atoms with E-state index in [2.05, 4.69) is 10.6 Å². The number of nitrogens with one attached hydrogen (secondary N) is 2. The zero-order valence-electron chi connectivity index (χ0n) is 12.8. The molecule has 2 aromatic carbocycles. The van der Waals surface area contributed by atoms with Crippen LogP contribution in [-0.2, 0) is 9.53 Å². The number of hydrogen-bond acceptors (Lipinski definition) is 4. The Balaban J connectivity index is 1.96. The van der Waals surface area contributed by atoms with E-state index in [-0.39, 0.29) is 5.97 Å². The van der Waals surface area contributed by atoms with Crippen LogP contribution in [0.5, 0.6) is 0 Å². The molecule has 0 aliphatic rings. The normalized spacial score (nSPS) is 10.9. The number of allylic oxidation sites excluding steroid dienone is 1. The Bertz CT molecular complexity index is 634. The molecule has 0 aromatic heterocycles. The van der Waals surface area contributed by atoms with Gasteiger partial charge in [-0.25, -0.2) is 4.79 Å². The van der Waals surface area contributed by atoms with E-state index in [1.807, 2.05) is 61.5 Å². The average molecular weight is 296 g/mol. The van der Waals surface area contributed by atoms with Crippen molar-refractivity contribution in [2.24, 2.45) is 0 Å². The summed E-state index contributed by atoms with van der Waals surface area (Å²) in [7, 11) is 0. The molecule has 0 unspecified atom stereocenters. The van der Waals surface area contributed by atoms with Gasteiger partial charge in [0, 0.05) is 28.8 Å². The number of carbonyl (C=O) groups excluding carboxylic acids is 1. The van der Waals surface area contributed by atoms with E-state index in [1.165, 1.54) is 6.08 Å². The topological polar surface area (TPSA) is 50.4 Å². The van der Waals surface area contributed by atoms with E-state index in [0.29, 0.717) is 6.61 Å². The van der Waals surface area contributed by atoms with E-state index in [4.69, 9.17) is 4.74 Å². The fraction of sp³-hybridized carbons (Fsp3) is 0.167. The Kier molecular flexibility index (Phi) is 5.60. The number of para-hydroxylation sites is 1. The summed E-state index contributed by atoms with van der Waals surface area (Å²) < 4.78 is 4.87. The molecule has 0 aliphatic carbocycles. The van der Waals surface area contributed by atoms with Crippen molar-refractivity contribution >= 4 is 23.0 Å². The van der Waals surface area contributed by atoms with Crippen LogP contribution in [0, 0.1) is 0 Å². The summed E-state index contributed by atoms with van der Waals surface area (Å²) in [4.78, 5) is 11.4. The molecule has 0 aliphatic heterocycles. The van der Waals surface area contributed by atoms with Crippen LogP contribution in [0.15, 0.2) is 66.4 Å². The lowest BCUT2D eigenvalue weighted by atomic mass is 10.2. The molecule has 0 bridgehead atoms. The minimum absolute atomic E-state index is 0.338. The Morgan fingerprint density at radius 1 is 1.00 bits per heavy atom. The highest BCUT2D eigenvalue weighted by Crippen LogP contribution is 2.19. The first-order valence-corrected chi connectivity index (χ1v) is 7.21. The number of anilines is 3. The molecule has 0 fully saturated rings. The molecule has 22 heavy (non-hydrogen) atoms. The van der Waals surface area contributed by atoms with Gasteiger partial charge in [0.05, 0.1) is 6.61 Å². The molecule has 0 heterocycles. The molecule has 4 heteroatoms. The third-order valence-electron chi connectivity index (χ3n) is 2.91. The van der Waals surface area contributed by atoms with E-state index in [0.717, 1.165) is 22.8 Å². The Morgan fingerprint density at radius 2 is 1.59 bits per heavy atom. The number of ether oxygens (including phenoxy) is 1. The van der Waals surface area contributed by atoms with Crippen LogP contribution in [0.3, 0.4) is 0 Å². The van der Waals surface area contributed by atoms with Gasteiger partial charge in [-0.2, -0.15) is 0 Å². The van der Waals surface area contributed by atoms with E-state index >= 15 is 0 Å². The fourth-order valence-electron chi connectivity index (χ4n) is 1.95. The molecule has 0 radical (unpaired) electrons. The molecule has 0 amide bonds. The van der Waals surface area contributed by atoms with Crippen LogP contribution < -0.4 is 10.6 Å². The van der Waals surface area contributed by atoms with Gasteiger partial charge in [0.2, 0.25) is 0 Å². The maximum atomic E-state index is 11.4. The number of esters is 1. The average Bonchev–Trinajstić information content (AvgIpc) is 2.50. The van der Waals surface area contributed by atoms with Crippen molar-refractivity contribution in [2.45, 2.75) is 13.8 Å². The van der Waals surface area contributed by atoms with Crippen molar-refractivity contribution in [3.8, 4) is 0 Å². The van der Waals surface area contributed by atoms with E-state index in [9.17, 15) is 4.79 Å². The van der Waals surface area contributed by atoms with Crippen molar-refractivity contribution < 1.29 is 9.53 Å². The molecule has 114 valence electrons. The predicted molar refractivity (Wildman–Crippen MR) is 90.2 cm³/mol. The van der Waals surface area contributed by atoms with Gasteiger partial charge >= 0.3 is 5.97 Å². The number of hydrogen-bond donors (Lipinski definition) is 2. The molecule has 2 N–H and O–H groups in total. The molecule has 2 aromatic rings. The van der Waals surface area contributed by atoms with Gasteiger partial charge in [0.15, 0.2) is 0 Å². The second-order valence-corrected chi connectivity index (χ2v) is 4.77. The van der Waals surface area contributed by atoms with Crippen LogP contribution in [0.4, 0.5) is 17.1 Å². The first-order chi connectivity index (χ1) is 10.7. The zero-order valence-corrected chi connectivity index (χ0v) is 12.8. The fourth-order valence-corrected chi connectivity index (χ4v) is 1.95. The monoisotopic (exact) mass is 296 g/mol. The zero-order chi connectivity index (χ0) is 15.8. The molecular weight excluding hydrogens is 276 g/mol. The maximum absolute atomic E-state index is 11.4. The summed E-state index contributed by atoms with van der Waals surface area (Å²) in [6.07, 6.45) is 1.44. The third-order valence-corrected chi connectivity index (χ3v) is 2.91. The molecule has 0 saturated heterocycles. The van der Waals surface area contributed by atoms with Crippen molar-refractivity contribution in [3.05, 3.63) is 66.4 Å². The summed E-state index contributed by atoms with van der Waals surface area (Å²) in [5.74, 6) is -0.338.